The molecule has 1 amide bonds. The molecule has 1 aliphatic heterocycles. The number of ether oxygens (including phenoxy) is 1. The molecule has 1 saturated carbocycles. The highest BCUT2D eigenvalue weighted by atomic mass is 19.4. The first-order valence-electron chi connectivity index (χ1n) is 10.2. The maximum absolute atomic E-state index is 13.0. The highest BCUT2D eigenvalue weighted by Gasteiger charge is 2.31. The van der Waals surface area contributed by atoms with Crippen molar-refractivity contribution in [1.82, 2.24) is 24.8 Å². The Balaban J connectivity index is 1.32. The van der Waals surface area contributed by atoms with Crippen LogP contribution in [0.3, 0.4) is 0 Å². The summed E-state index contributed by atoms with van der Waals surface area (Å²) in [5, 5.41) is 0. The summed E-state index contributed by atoms with van der Waals surface area (Å²) in [5.74, 6) is 1.39. The molecular formula is C22H18F3N5O2. The van der Waals surface area contributed by atoms with Crippen LogP contribution in [0.4, 0.5) is 13.2 Å². The minimum absolute atomic E-state index is 0.191. The smallest absolute Gasteiger partial charge is 0.416 e. The fraction of sp³-hybridized carbons (Fsp3) is 0.318. The van der Waals surface area contributed by atoms with Crippen LogP contribution in [0.25, 0.3) is 0 Å². The molecule has 0 atom stereocenters. The second-order valence-electron chi connectivity index (χ2n) is 7.78. The fourth-order valence-electron chi connectivity index (χ4n) is 3.60. The molecule has 0 N–H and O–H groups in total. The molecule has 32 heavy (non-hydrogen) atoms. The number of rotatable bonds is 4. The van der Waals surface area contributed by atoms with E-state index >= 15 is 0 Å². The third-order valence-electron chi connectivity index (χ3n) is 5.49. The van der Waals surface area contributed by atoms with Gasteiger partial charge in [0.15, 0.2) is 0 Å². The van der Waals surface area contributed by atoms with Crippen molar-refractivity contribution in [3.05, 3.63) is 71.2 Å². The second kappa shape index (κ2) is 7.85. The molecule has 0 unspecified atom stereocenters. The van der Waals surface area contributed by atoms with Gasteiger partial charge >= 0.3 is 6.18 Å². The summed E-state index contributed by atoms with van der Waals surface area (Å²) >= 11 is 0. The molecule has 0 saturated heterocycles. The van der Waals surface area contributed by atoms with Gasteiger partial charge in [-0.2, -0.15) is 13.2 Å². The van der Waals surface area contributed by atoms with E-state index in [1.807, 2.05) is 0 Å². The lowest BCUT2D eigenvalue weighted by Crippen LogP contribution is -2.37. The van der Waals surface area contributed by atoms with E-state index in [4.69, 9.17) is 4.74 Å². The topological polar surface area (TPSA) is 81.1 Å². The Morgan fingerprint density at radius 2 is 1.84 bits per heavy atom. The fourth-order valence-corrected chi connectivity index (χ4v) is 3.60. The summed E-state index contributed by atoms with van der Waals surface area (Å²) in [6, 6.07) is 6.04. The molecule has 1 aliphatic carbocycles. The Hall–Kier alpha value is -3.56. The normalized spacial score (nSPS) is 15.9. The first-order valence-corrected chi connectivity index (χ1v) is 10.2. The molecule has 1 aromatic carbocycles. The van der Waals surface area contributed by atoms with E-state index in [1.54, 1.807) is 17.2 Å². The number of fused-ring (bicyclic) bond motifs is 1. The average molecular weight is 441 g/mol. The summed E-state index contributed by atoms with van der Waals surface area (Å²) < 4.78 is 44.0. The van der Waals surface area contributed by atoms with Gasteiger partial charge in [0.25, 0.3) is 5.91 Å². The van der Waals surface area contributed by atoms with E-state index in [1.165, 1.54) is 18.5 Å². The van der Waals surface area contributed by atoms with Crippen LogP contribution in [0, 0.1) is 0 Å². The lowest BCUT2D eigenvalue weighted by atomic mass is 10.1. The van der Waals surface area contributed by atoms with Crippen molar-refractivity contribution in [2.75, 3.05) is 6.54 Å². The van der Waals surface area contributed by atoms with Gasteiger partial charge in [0.1, 0.15) is 23.6 Å². The number of nitrogens with zero attached hydrogens (tertiary/aromatic N) is 5. The standard InChI is InChI=1S/C22H18F3N5O2/c23-22(24,25)14-3-5-15(6-4-14)32-20-16-8-10-30(11-18(16)27-12-28-20)21(31)17-7-9-26-19(29-17)13-1-2-13/h3-7,9,12-13H,1-2,8,10-11H2. The molecule has 1 fully saturated rings. The molecule has 3 heterocycles. The zero-order valence-corrected chi connectivity index (χ0v) is 16.8. The Labute approximate surface area is 181 Å². The van der Waals surface area contributed by atoms with Gasteiger partial charge in [-0.05, 0) is 49.6 Å². The molecule has 164 valence electrons. The van der Waals surface area contributed by atoms with Crippen LogP contribution in [0.1, 0.15) is 51.9 Å². The Bertz CT molecular complexity index is 1160. The van der Waals surface area contributed by atoms with Gasteiger partial charge in [-0.1, -0.05) is 0 Å². The Morgan fingerprint density at radius 1 is 1.06 bits per heavy atom. The maximum atomic E-state index is 13.0. The van der Waals surface area contributed by atoms with Crippen LogP contribution < -0.4 is 4.74 Å². The second-order valence-corrected chi connectivity index (χ2v) is 7.78. The Kier molecular flexibility index (Phi) is 4.99. The van der Waals surface area contributed by atoms with Gasteiger partial charge in [-0.25, -0.2) is 19.9 Å². The van der Waals surface area contributed by atoms with E-state index in [-0.39, 0.29) is 24.1 Å². The van der Waals surface area contributed by atoms with Crippen LogP contribution >= 0.6 is 0 Å². The predicted octanol–water partition coefficient (Wildman–Crippen LogP) is 4.15. The number of carbonyl (C=O) groups excluding carboxylic acids is 1. The number of hydrogen-bond acceptors (Lipinski definition) is 6. The maximum Gasteiger partial charge on any atom is 0.416 e. The first-order chi connectivity index (χ1) is 15.4. The predicted molar refractivity (Wildman–Crippen MR) is 106 cm³/mol. The van der Waals surface area contributed by atoms with E-state index in [0.717, 1.165) is 30.5 Å². The third-order valence-corrected chi connectivity index (χ3v) is 5.49. The molecule has 2 aromatic heterocycles. The molecule has 0 radical (unpaired) electrons. The molecule has 10 heteroatoms. The van der Waals surface area contributed by atoms with Crippen molar-refractivity contribution in [2.24, 2.45) is 0 Å². The summed E-state index contributed by atoms with van der Waals surface area (Å²) in [6.45, 7) is 0.689. The molecular weight excluding hydrogens is 423 g/mol. The molecule has 0 bridgehead atoms. The van der Waals surface area contributed by atoms with Crippen LogP contribution in [-0.4, -0.2) is 37.3 Å². The largest absolute Gasteiger partial charge is 0.439 e. The van der Waals surface area contributed by atoms with Crippen LogP contribution in [-0.2, 0) is 19.1 Å². The van der Waals surface area contributed by atoms with E-state index < -0.39 is 11.7 Å². The minimum Gasteiger partial charge on any atom is -0.439 e. The van der Waals surface area contributed by atoms with Gasteiger partial charge in [-0.3, -0.25) is 4.79 Å². The zero-order chi connectivity index (χ0) is 22.3. The minimum atomic E-state index is -4.41. The first kappa shape index (κ1) is 20.3. The van der Waals surface area contributed by atoms with Crippen molar-refractivity contribution in [3.63, 3.8) is 0 Å². The number of amides is 1. The number of carbonyl (C=O) groups is 1. The molecule has 3 aromatic rings. The lowest BCUT2D eigenvalue weighted by Gasteiger charge is -2.28. The molecule has 5 rings (SSSR count). The molecule has 2 aliphatic rings. The van der Waals surface area contributed by atoms with Crippen molar-refractivity contribution in [3.8, 4) is 11.6 Å². The SMILES string of the molecule is O=C(c1ccnc(C2CC2)n1)N1CCc2c(ncnc2Oc2ccc(C(F)(F)F)cc2)C1. The van der Waals surface area contributed by atoms with Gasteiger partial charge in [0.05, 0.1) is 17.8 Å². The van der Waals surface area contributed by atoms with Crippen molar-refractivity contribution < 1.29 is 22.7 Å². The van der Waals surface area contributed by atoms with E-state index in [2.05, 4.69) is 19.9 Å². The van der Waals surface area contributed by atoms with Gasteiger partial charge in [-0.15, -0.1) is 0 Å². The van der Waals surface area contributed by atoms with Crippen LogP contribution in [0.2, 0.25) is 0 Å². The zero-order valence-electron chi connectivity index (χ0n) is 16.8. The van der Waals surface area contributed by atoms with E-state index in [0.29, 0.717) is 36.1 Å². The van der Waals surface area contributed by atoms with Gasteiger partial charge in [0.2, 0.25) is 5.88 Å². The summed E-state index contributed by atoms with van der Waals surface area (Å²) in [6.07, 6.45) is 1.08. The van der Waals surface area contributed by atoms with Crippen LogP contribution in [0.5, 0.6) is 11.6 Å². The number of hydrogen-bond donors (Lipinski definition) is 0. The quantitative estimate of drug-likeness (QED) is 0.605. The van der Waals surface area contributed by atoms with Gasteiger partial charge < -0.3 is 9.64 Å². The Morgan fingerprint density at radius 3 is 2.56 bits per heavy atom. The number of aromatic nitrogens is 4. The monoisotopic (exact) mass is 441 g/mol. The number of alkyl halides is 3. The van der Waals surface area contributed by atoms with Crippen LogP contribution in [0.15, 0.2) is 42.9 Å². The molecule has 7 nitrogen and oxygen atoms in total. The number of benzene rings is 1. The average Bonchev–Trinajstić information content (AvgIpc) is 3.64. The highest BCUT2D eigenvalue weighted by Crippen LogP contribution is 2.38. The van der Waals surface area contributed by atoms with Gasteiger partial charge in [0, 0.05) is 24.2 Å². The lowest BCUT2D eigenvalue weighted by molar-refractivity contribution is -0.137. The van der Waals surface area contributed by atoms with Crippen molar-refractivity contribution in [1.29, 1.82) is 0 Å². The summed E-state index contributed by atoms with van der Waals surface area (Å²) in [4.78, 5) is 31.7. The highest BCUT2D eigenvalue weighted by molar-refractivity contribution is 5.92. The summed E-state index contributed by atoms with van der Waals surface area (Å²) in [7, 11) is 0. The molecule has 0 spiro atoms. The van der Waals surface area contributed by atoms with Crippen molar-refractivity contribution in [2.45, 2.75) is 37.9 Å². The number of halogens is 3. The summed E-state index contributed by atoms with van der Waals surface area (Å²) in [5.41, 5.74) is 0.981. The third kappa shape index (κ3) is 4.12. The van der Waals surface area contributed by atoms with Crippen molar-refractivity contribution >= 4 is 5.91 Å². The van der Waals surface area contributed by atoms with E-state index in [9.17, 15) is 18.0 Å².